The average Bonchev–Trinajstić information content (AvgIpc) is 2.19. The first-order valence-electron chi connectivity index (χ1n) is 4.49. The summed E-state index contributed by atoms with van der Waals surface area (Å²) in [7, 11) is 1.62. The predicted molar refractivity (Wildman–Crippen MR) is 48.7 cm³/mol. The van der Waals surface area contributed by atoms with E-state index in [0.29, 0.717) is 13.2 Å². The number of hydrogen-bond acceptors (Lipinski definition) is 2. The molecule has 13 heavy (non-hydrogen) atoms. The number of amides is 2. The molecule has 0 aliphatic carbocycles. The van der Waals surface area contributed by atoms with Crippen LogP contribution in [0.25, 0.3) is 0 Å². The highest BCUT2D eigenvalue weighted by molar-refractivity contribution is 5.74. The number of ether oxygens (including phenoxy) is 1. The number of piperazine rings is 1. The summed E-state index contributed by atoms with van der Waals surface area (Å²) in [4.78, 5) is 13.2. The zero-order valence-corrected chi connectivity index (χ0v) is 7.95. The highest BCUT2D eigenvalue weighted by Gasteiger charge is 2.15. The molecule has 1 heterocycles. The van der Waals surface area contributed by atoms with Crippen molar-refractivity contribution in [2.75, 3.05) is 46.4 Å². The van der Waals surface area contributed by atoms with Gasteiger partial charge in [-0.25, -0.2) is 10.1 Å². The quantitative estimate of drug-likeness (QED) is 0.590. The molecule has 5 nitrogen and oxygen atoms in total. The minimum absolute atomic E-state index is 0.00745. The standard InChI is InChI=1S/C8H16N3O2/c1-13-7-4-10-8(12)11-5-2-9-3-6-11/h2-7H2,1H3,(H,10,12). The molecule has 0 saturated carbocycles. The Kier molecular flexibility index (Phi) is 4.56. The van der Waals surface area contributed by atoms with E-state index in [1.165, 1.54) is 0 Å². The Balaban J connectivity index is 2.13. The van der Waals surface area contributed by atoms with Crippen molar-refractivity contribution < 1.29 is 9.53 Å². The highest BCUT2D eigenvalue weighted by Crippen LogP contribution is 1.93. The molecule has 0 aromatic carbocycles. The molecule has 1 fully saturated rings. The van der Waals surface area contributed by atoms with Crippen LogP contribution in [-0.2, 0) is 4.74 Å². The zero-order valence-electron chi connectivity index (χ0n) is 7.95. The number of rotatable bonds is 3. The molecule has 1 saturated heterocycles. The Morgan fingerprint density at radius 1 is 1.54 bits per heavy atom. The van der Waals surface area contributed by atoms with Gasteiger partial charge in [-0.3, -0.25) is 0 Å². The molecular formula is C8H16N3O2. The number of carbonyl (C=O) groups excluding carboxylic acids is 1. The number of carbonyl (C=O) groups is 1. The third-order valence-corrected chi connectivity index (χ3v) is 1.93. The van der Waals surface area contributed by atoms with Crippen molar-refractivity contribution in [1.29, 1.82) is 0 Å². The number of urea groups is 1. The smallest absolute Gasteiger partial charge is 0.317 e. The van der Waals surface area contributed by atoms with Gasteiger partial charge in [-0.1, -0.05) is 0 Å². The van der Waals surface area contributed by atoms with Crippen molar-refractivity contribution in [3.63, 3.8) is 0 Å². The minimum atomic E-state index is -0.00745. The Hall–Kier alpha value is -0.810. The second kappa shape index (κ2) is 5.77. The molecule has 0 aromatic rings. The molecule has 0 unspecified atom stereocenters. The van der Waals surface area contributed by atoms with Crippen LogP contribution in [0.2, 0.25) is 0 Å². The van der Waals surface area contributed by atoms with Crippen molar-refractivity contribution >= 4 is 6.03 Å². The van der Waals surface area contributed by atoms with Gasteiger partial charge in [0, 0.05) is 39.8 Å². The third kappa shape index (κ3) is 3.61. The summed E-state index contributed by atoms with van der Waals surface area (Å²) in [6, 6.07) is -0.00745. The van der Waals surface area contributed by atoms with Gasteiger partial charge in [0.1, 0.15) is 0 Å². The maximum atomic E-state index is 11.4. The molecule has 0 bridgehead atoms. The van der Waals surface area contributed by atoms with Gasteiger partial charge < -0.3 is 15.0 Å². The Morgan fingerprint density at radius 3 is 2.85 bits per heavy atom. The van der Waals surface area contributed by atoms with E-state index in [9.17, 15) is 4.79 Å². The van der Waals surface area contributed by atoms with Crippen LogP contribution in [0.5, 0.6) is 0 Å². The number of hydrogen-bond donors (Lipinski definition) is 1. The van der Waals surface area contributed by atoms with Gasteiger partial charge in [-0.2, -0.15) is 0 Å². The van der Waals surface area contributed by atoms with E-state index in [4.69, 9.17) is 4.74 Å². The summed E-state index contributed by atoms with van der Waals surface area (Å²) in [5.74, 6) is 0. The van der Waals surface area contributed by atoms with Gasteiger partial charge >= 0.3 is 6.03 Å². The first-order chi connectivity index (χ1) is 6.34. The monoisotopic (exact) mass is 186 g/mol. The Labute approximate surface area is 78.4 Å². The lowest BCUT2D eigenvalue weighted by Crippen LogP contribution is -2.48. The zero-order chi connectivity index (χ0) is 9.52. The van der Waals surface area contributed by atoms with Gasteiger partial charge in [-0.15, -0.1) is 0 Å². The van der Waals surface area contributed by atoms with E-state index in [0.717, 1.165) is 26.2 Å². The van der Waals surface area contributed by atoms with Crippen molar-refractivity contribution in [2.24, 2.45) is 0 Å². The summed E-state index contributed by atoms with van der Waals surface area (Å²) in [5, 5.41) is 6.93. The van der Waals surface area contributed by atoms with Crippen LogP contribution < -0.4 is 10.6 Å². The van der Waals surface area contributed by atoms with E-state index >= 15 is 0 Å². The maximum Gasteiger partial charge on any atom is 0.317 e. The van der Waals surface area contributed by atoms with Crippen LogP contribution >= 0.6 is 0 Å². The van der Waals surface area contributed by atoms with E-state index in [-0.39, 0.29) is 6.03 Å². The maximum absolute atomic E-state index is 11.4. The molecule has 1 aliphatic heterocycles. The molecule has 75 valence electrons. The lowest BCUT2D eigenvalue weighted by molar-refractivity contribution is 0.174. The highest BCUT2D eigenvalue weighted by atomic mass is 16.5. The fraction of sp³-hybridized carbons (Fsp3) is 0.875. The SMILES string of the molecule is COCCNC(=O)N1CC[N]CC1. The summed E-state index contributed by atoms with van der Waals surface area (Å²) in [5.41, 5.74) is 0. The lowest BCUT2D eigenvalue weighted by Gasteiger charge is -2.26. The number of nitrogens with zero attached hydrogens (tertiary/aromatic N) is 2. The Morgan fingerprint density at radius 2 is 2.23 bits per heavy atom. The Bertz CT molecular complexity index is 157. The summed E-state index contributed by atoms with van der Waals surface area (Å²) >= 11 is 0. The molecule has 0 atom stereocenters. The first kappa shape index (κ1) is 10.3. The second-order valence-electron chi connectivity index (χ2n) is 2.88. The van der Waals surface area contributed by atoms with Crippen molar-refractivity contribution in [1.82, 2.24) is 15.5 Å². The van der Waals surface area contributed by atoms with Crippen molar-refractivity contribution in [2.45, 2.75) is 0 Å². The lowest BCUT2D eigenvalue weighted by atomic mass is 10.4. The summed E-state index contributed by atoms with van der Waals surface area (Å²) in [6.07, 6.45) is 0. The van der Waals surface area contributed by atoms with Gasteiger partial charge in [0.2, 0.25) is 0 Å². The van der Waals surface area contributed by atoms with Gasteiger partial charge in [0.25, 0.3) is 0 Å². The van der Waals surface area contributed by atoms with Gasteiger partial charge in [-0.05, 0) is 0 Å². The van der Waals surface area contributed by atoms with E-state index in [1.54, 1.807) is 12.0 Å². The van der Waals surface area contributed by atoms with Crippen LogP contribution in [-0.4, -0.2) is 57.4 Å². The van der Waals surface area contributed by atoms with Gasteiger partial charge in [0.15, 0.2) is 0 Å². The molecule has 1 aliphatic rings. The van der Waals surface area contributed by atoms with E-state index < -0.39 is 0 Å². The van der Waals surface area contributed by atoms with E-state index in [2.05, 4.69) is 10.6 Å². The number of nitrogens with one attached hydrogen (secondary N) is 1. The van der Waals surface area contributed by atoms with Crippen molar-refractivity contribution in [3.8, 4) is 0 Å². The van der Waals surface area contributed by atoms with Crippen molar-refractivity contribution in [3.05, 3.63) is 0 Å². The summed E-state index contributed by atoms with van der Waals surface area (Å²) in [6.45, 7) is 4.12. The molecule has 5 heteroatoms. The van der Waals surface area contributed by atoms with Crippen LogP contribution in [0.1, 0.15) is 0 Å². The molecule has 2 amide bonds. The van der Waals surface area contributed by atoms with Gasteiger partial charge in [0.05, 0.1) is 6.61 Å². The topological polar surface area (TPSA) is 55.7 Å². The summed E-state index contributed by atoms with van der Waals surface area (Å²) < 4.78 is 4.83. The average molecular weight is 186 g/mol. The molecule has 0 spiro atoms. The largest absolute Gasteiger partial charge is 0.383 e. The molecule has 0 aromatic heterocycles. The second-order valence-corrected chi connectivity index (χ2v) is 2.88. The molecule has 1 radical (unpaired) electrons. The minimum Gasteiger partial charge on any atom is -0.383 e. The van der Waals surface area contributed by atoms with Crippen LogP contribution in [0.4, 0.5) is 4.79 Å². The fourth-order valence-corrected chi connectivity index (χ4v) is 1.18. The molecule has 1 rings (SSSR count). The normalized spacial score (nSPS) is 17.2. The molecular weight excluding hydrogens is 170 g/mol. The fourth-order valence-electron chi connectivity index (χ4n) is 1.18. The third-order valence-electron chi connectivity index (χ3n) is 1.93. The predicted octanol–water partition coefficient (Wildman–Crippen LogP) is -0.738. The first-order valence-corrected chi connectivity index (χ1v) is 4.49. The molecule has 1 N–H and O–H groups in total. The number of methoxy groups -OCH3 is 1. The van der Waals surface area contributed by atoms with Crippen LogP contribution in [0.3, 0.4) is 0 Å². The van der Waals surface area contributed by atoms with Crippen LogP contribution in [0.15, 0.2) is 0 Å². The van der Waals surface area contributed by atoms with E-state index in [1.807, 2.05) is 0 Å². The van der Waals surface area contributed by atoms with Crippen LogP contribution in [0, 0.1) is 0 Å².